The normalized spacial score (nSPS) is 3.72. The van der Waals surface area contributed by atoms with E-state index in [0.717, 1.165) is 0 Å². The summed E-state index contributed by atoms with van der Waals surface area (Å²) in [6.07, 6.45) is 0. The van der Waals surface area contributed by atoms with Gasteiger partial charge in [0.25, 0.3) is 58.2 Å². The number of hydrogen-bond acceptors (Lipinski definition) is 11. The molecule has 29 heavy (non-hydrogen) atoms. The predicted molar refractivity (Wildman–Crippen MR) is 88.3 cm³/mol. The first-order valence-electron chi connectivity index (χ1n) is 4.45. The van der Waals surface area contributed by atoms with Crippen molar-refractivity contribution < 1.29 is 89.1 Å². The molecular weight excluding hydrogens is 424 g/mol. The van der Waals surface area contributed by atoms with Gasteiger partial charge in [0, 0.05) is 0 Å². The van der Waals surface area contributed by atoms with Crippen LogP contribution in [0.5, 0.6) is 0 Å². The van der Waals surface area contributed by atoms with Crippen molar-refractivity contribution in [2.24, 2.45) is 0 Å². The van der Waals surface area contributed by atoms with Crippen LogP contribution < -0.4 is 12.3 Å². The topological polar surface area (TPSA) is 406 Å². The first-order chi connectivity index (χ1) is 12.7. The van der Waals surface area contributed by atoms with Crippen LogP contribution in [0.1, 0.15) is 0 Å². The third-order valence-corrected chi connectivity index (χ3v) is 0. The Labute approximate surface area is 161 Å². The lowest BCUT2D eigenvalue weighted by Crippen LogP contribution is -1.49. The second-order valence-corrected chi connectivity index (χ2v) is 0.949. The number of rotatable bonds is 0. The molecule has 0 fully saturated rings. The van der Waals surface area contributed by atoms with E-state index in [0.29, 0.717) is 0 Å². The molecule has 0 rings (SSSR count). The second kappa shape index (κ2) is 659. The van der Waals surface area contributed by atoms with Gasteiger partial charge >= 0.3 is 0 Å². The molecule has 0 aromatic rings. The summed E-state index contributed by atoms with van der Waals surface area (Å²) in [5.41, 5.74) is 0. The Kier molecular flexibility index (Phi) is 1700. The van der Waals surface area contributed by atoms with Gasteiger partial charge in [0.2, 0.25) is 0 Å². The van der Waals surface area contributed by atoms with Gasteiger partial charge in [-0.15, -0.1) is 0 Å². The Morgan fingerprint density at radius 3 is 0.241 bits per heavy atom. The average molecular weight is 448 g/mol. The third-order valence-electron chi connectivity index (χ3n) is 0. The Bertz CT molecular complexity index is 188. The molecule has 20 nitrogen and oxygen atoms in total. The molecule has 0 atom stereocenters. The minimum Gasteiger partial charge on any atom is -0.483 e. The minimum absolute atomic E-state index is 0. The molecule has 0 bridgehead atoms. The van der Waals surface area contributed by atoms with Gasteiger partial charge in [-0.3, -0.25) is 43.2 Å². The van der Waals surface area contributed by atoms with E-state index in [2.05, 4.69) is 0 Å². The lowest BCUT2D eigenvalue weighted by molar-refractivity contribution is -0.123. The van der Waals surface area contributed by atoms with Crippen LogP contribution in [-0.2, 0) is 43.2 Å². The number of hydrogen-bond donors (Lipinski definition) is 11. The smallest absolute Gasteiger partial charge is 0.290 e. The molecule has 15 N–H and O–H groups in total. The maximum Gasteiger partial charge on any atom is 0.290 e. The standard InChI is InChI=1S/9CH2O2.2H3N/c9*2-1-3;;/h9*1H,(H,2,3);2*1H3. The summed E-state index contributed by atoms with van der Waals surface area (Å²) in [7, 11) is 0. The van der Waals surface area contributed by atoms with E-state index in [1.807, 2.05) is 0 Å². The molecule has 178 valence electrons. The zero-order valence-corrected chi connectivity index (χ0v) is 14.3. The fraction of sp³-hybridized carbons (Fsp3) is 0. The molecule has 0 radical (unpaired) electrons. The highest BCUT2D eigenvalue weighted by Crippen LogP contribution is 0.989. The fourth-order valence-electron chi connectivity index (χ4n) is 0. The van der Waals surface area contributed by atoms with E-state index in [1.54, 1.807) is 0 Å². The zero-order chi connectivity index (χ0) is 24.4. The van der Waals surface area contributed by atoms with E-state index in [9.17, 15) is 0 Å². The first-order valence-corrected chi connectivity index (χ1v) is 4.45. The molecule has 0 aromatic heterocycles. The monoisotopic (exact) mass is 448 g/mol. The third kappa shape index (κ3) is 440. The highest BCUT2D eigenvalue weighted by molar-refractivity contribution is 5.34. The molecule has 0 aliphatic carbocycles. The Morgan fingerprint density at radius 2 is 0.241 bits per heavy atom. The molecule has 0 saturated carbocycles. The molecule has 0 spiro atoms. The van der Waals surface area contributed by atoms with E-state index in [-0.39, 0.29) is 70.6 Å². The summed E-state index contributed by atoms with van der Waals surface area (Å²) in [6, 6.07) is 0. The van der Waals surface area contributed by atoms with Crippen molar-refractivity contribution in [1.29, 1.82) is 0 Å². The molecule has 0 unspecified atom stereocenters. The molecule has 0 aromatic carbocycles. The van der Waals surface area contributed by atoms with Crippen molar-refractivity contribution in [3.05, 3.63) is 0 Å². The number of carboxylic acid groups (broad SMARTS) is 9. The predicted octanol–water partition coefficient (Wildman–Crippen LogP) is -2.37. The van der Waals surface area contributed by atoms with Gasteiger partial charge in [0.05, 0.1) is 0 Å². The van der Waals surface area contributed by atoms with Crippen LogP contribution in [0.15, 0.2) is 0 Å². The van der Waals surface area contributed by atoms with Gasteiger partial charge in [-0.25, -0.2) is 0 Å². The van der Waals surface area contributed by atoms with Crippen LogP contribution in [0.3, 0.4) is 0 Å². The van der Waals surface area contributed by atoms with Gasteiger partial charge < -0.3 is 58.3 Å². The molecule has 20 heteroatoms. The Morgan fingerprint density at radius 1 is 0.241 bits per heavy atom. The van der Waals surface area contributed by atoms with E-state index in [1.165, 1.54) is 0 Å². The molecule has 0 heterocycles. The maximum atomic E-state index is 8.36. The number of carbonyl (C=O) groups is 9. The van der Waals surface area contributed by atoms with Crippen LogP contribution in [0, 0.1) is 0 Å². The Balaban J connectivity index is -0.0000000138. The van der Waals surface area contributed by atoms with Crippen molar-refractivity contribution in [2.75, 3.05) is 0 Å². The van der Waals surface area contributed by atoms with Gasteiger partial charge in [-0.2, -0.15) is 0 Å². The van der Waals surface area contributed by atoms with E-state index in [4.69, 9.17) is 89.1 Å². The van der Waals surface area contributed by atoms with Crippen LogP contribution in [0.25, 0.3) is 0 Å². The first kappa shape index (κ1) is 74.8. The lowest BCUT2D eigenvalue weighted by Gasteiger charge is -1.34. The minimum atomic E-state index is -0.250. The van der Waals surface area contributed by atoms with Crippen LogP contribution in [0.4, 0.5) is 0 Å². The second-order valence-electron chi connectivity index (χ2n) is 0.949. The largest absolute Gasteiger partial charge is 0.483 e. The highest BCUT2D eigenvalue weighted by atomic mass is 16.4. The Hall–Kier alpha value is -4.85. The quantitative estimate of drug-likeness (QED) is 0.172. The van der Waals surface area contributed by atoms with Crippen LogP contribution >= 0.6 is 0 Å². The van der Waals surface area contributed by atoms with Gasteiger partial charge in [0.1, 0.15) is 0 Å². The molecule has 0 aliphatic rings. The van der Waals surface area contributed by atoms with Crippen molar-refractivity contribution in [3.63, 3.8) is 0 Å². The summed E-state index contributed by atoms with van der Waals surface area (Å²) in [4.78, 5) is 75.3. The van der Waals surface area contributed by atoms with Crippen molar-refractivity contribution in [2.45, 2.75) is 0 Å². The summed E-state index contributed by atoms with van der Waals surface area (Å²) in [5, 5.41) is 62.0. The summed E-state index contributed by atoms with van der Waals surface area (Å²) >= 11 is 0. The maximum absolute atomic E-state index is 8.36. The summed E-state index contributed by atoms with van der Waals surface area (Å²) in [5.74, 6) is 0. The molecule has 0 saturated heterocycles. The van der Waals surface area contributed by atoms with Crippen molar-refractivity contribution in [3.8, 4) is 0 Å². The zero-order valence-electron chi connectivity index (χ0n) is 14.3. The van der Waals surface area contributed by atoms with Gasteiger partial charge in [-0.05, 0) is 0 Å². The van der Waals surface area contributed by atoms with Crippen molar-refractivity contribution in [1.82, 2.24) is 12.3 Å². The molecule has 0 aliphatic heterocycles. The summed E-state index contributed by atoms with van der Waals surface area (Å²) < 4.78 is 0. The lowest BCUT2D eigenvalue weighted by atomic mass is 11.7. The summed E-state index contributed by atoms with van der Waals surface area (Å²) in [6.45, 7) is -2.25. The van der Waals surface area contributed by atoms with Gasteiger partial charge in [0.15, 0.2) is 0 Å². The molecule has 0 amide bonds. The molecular formula is C9H24N2O18. The van der Waals surface area contributed by atoms with Crippen molar-refractivity contribution >= 4 is 58.2 Å². The fourth-order valence-corrected chi connectivity index (χ4v) is 0. The van der Waals surface area contributed by atoms with Crippen LogP contribution in [0.2, 0.25) is 0 Å². The average Bonchev–Trinajstić information content (AvgIpc) is 2.53. The van der Waals surface area contributed by atoms with Gasteiger partial charge in [-0.1, -0.05) is 0 Å². The van der Waals surface area contributed by atoms with E-state index >= 15 is 0 Å². The highest BCUT2D eigenvalue weighted by Gasteiger charge is 1.24. The SMILES string of the molecule is N.N.O=CO.O=CO.O=CO.O=CO.O=CO.O=CO.O=CO.O=CO.O=CO. The van der Waals surface area contributed by atoms with Crippen LogP contribution in [-0.4, -0.2) is 104 Å². The van der Waals surface area contributed by atoms with E-state index < -0.39 is 0 Å².